The summed E-state index contributed by atoms with van der Waals surface area (Å²) in [4.78, 5) is 26.9. The average molecular weight is 457 g/mol. The molecular weight excluding hydrogens is 434 g/mol. The van der Waals surface area contributed by atoms with Gasteiger partial charge in [-0.25, -0.2) is 4.39 Å². The molecule has 2 rings (SSSR count). The summed E-state index contributed by atoms with van der Waals surface area (Å²) in [5, 5.41) is 3.47. The summed E-state index contributed by atoms with van der Waals surface area (Å²) < 4.78 is 13.9. The Morgan fingerprint density at radius 2 is 1.83 bits per heavy atom. The molecule has 0 saturated carbocycles. The van der Waals surface area contributed by atoms with Crippen LogP contribution in [0.5, 0.6) is 0 Å². The lowest BCUT2D eigenvalue weighted by molar-refractivity contribution is -0.139. The van der Waals surface area contributed by atoms with E-state index in [4.69, 9.17) is 23.2 Å². The Morgan fingerprint density at radius 3 is 2.45 bits per heavy atom. The molecule has 0 aliphatic heterocycles. The third kappa shape index (κ3) is 6.36. The van der Waals surface area contributed by atoms with Crippen LogP contribution in [0.4, 0.5) is 4.39 Å². The van der Waals surface area contributed by atoms with Gasteiger partial charge in [0.15, 0.2) is 0 Å². The third-order valence-corrected chi connectivity index (χ3v) is 6.13. The zero-order valence-corrected chi connectivity index (χ0v) is 18.6. The predicted molar refractivity (Wildman–Crippen MR) is 118 cm³/mol. The molecule has 29 heavy (non-hydrogen) atoms. The van der Waals surface area contributed by atoms with Crippen molar-refractivity contribution in [2.45, 2.75) is 31.7 Å². The molecule has 4 nitrogen and oxygen atoms in total. The van der Waals surface area contributed by atoms with Crippen LogP contribution in [-0.2, 0) is 21.9 Å². The van der Waals surface area contributed by atoms with Crippen LogP contribution in [0.1, 0.15) is 24.5 Å². The number of nitrogens with zero attached hydrogens (tertiary/aromatic N) is 1. The first kappa shape index (κ1) is 23.5. The van der Waals surface area contributed by atoms with Crippen LogP contribution in [0.3, 0.4) is 0 Å². The van der Waals surface area contributed by atoms with E-state index in [0.717, 1.165) is 5.56 Å². The second-order valence-electron chi connectivity index (χ2n) is 6.34. The number of amides is 2. The molecular formula is C21H23Cl2FN2O2S. The number of thioether (sulfide) groups is 1. The Kier molecular flexibility index (Phi) is 9.27. The van der Waals surface area contributed by atoms with E-state index in [1.165, 1.54) is 35.8 Å². The van der Waals surface area contributed by atoms with Crippen molar-refractivity contribution in [1.29, 1.82) is 0 Å². The van der Waals surface area contributed by atoms with Gasteiger partial charge in [0.25, 0.3) is 0 Å². The first-order valence-corrected chi connectivity index (χ1v) is 11.0. The van der Waals surface area contributed by atoms with Gasteiger partial charge in [-0.2, -0.15) is 0 Å². The first-order chi connectivity index (χ1) is 13.9. The second kappa shape index (κ2) is 11.4. The molecule has 2 aromatic carbocycles. The number of carbonyl (C=O) groups is 2. The van der Waals surface area contributed by atoms with E-state index >= 15 is 0 Å². The van der Waals surface area contributed by atoms with Gasteiger partial charge in [-0.3, -0.25) is 9.59 Å². The van der Waals surface area contributed by atoms with Gasteiger partial charge in [0.05, 0.1) is 5.75 Å². The largest absolute Gasteiger partial charge is 0.357 e. The summed E-state index contributed by atoms with van der Waals surface area (Å²) in [5.74, 6) is -0.522. The summed E-state index contributed by atoms with van der Waals surface area (Å²) in [7, 11) is 1.54. The highest BCUT2D eigenvalue weighted by Gasteiger charge is 2.28. The van der Waals surface area contributed by atoms with Gasteiger partial charge >= 0.3 is 0 Å². The fraction of sp³-hybridized carbons (Fsp3) is 0.333. The normalized spacial score (nSPS) is 11.8. The second-order valence-corrected chi connectivity index (χ2v) is 8.14. The molecule has 2 amide bonds. The molecule has 1 atom stereocenters. The average Bonchev–Trinajstić information content (AvgIpc) is 2.71. The Balaban J connectivity index is 2.15. The monoisotopic (exact) mass is 456 g/mol. The van der Waals surface area contributed by atoms with Crippen LogP contribution in [-0.4, -0.2) is 35.6 Å². The standard InChI is InChI=1S/C21H23Cl2FN2O2S/c1-3-19(21(28)25-2)26(11-14-7-4-5-8-16(14)22)20(27)13-29-12-15-17(23)9-6-10-18(15)24/h4-10,19H,3,11-13H2,1-2H3,(H,25,28)/t19-/m0/s1. The Labute approximate surface area is 184 Å². The molecule has 0 bridgehead atoms. The van der Waals surface area contributed by atoms with Crippen molar-refractivity contribution in [3.05, 3.63) is 69.5 Å². The van der Waals surface area contributed by atoms with Crippen molar-refractivity contribution in [3.63, 3.8) is 0 Å². The van der Waals surface area contributed by atoms with Crippen molar-refractivity contribution in [3.8, 4) is 0 Å². The molecule has 156 valence electrons. The molecule has 8 heteroatoms. The van der Waals surface area contributed by atoms with Crippen LogP contribution in [0.2, 0.25) is 10.0 Å². The lowest BCUT2D eigenvalue weighted by Gasteiger charge is -2.30. The number of hydrogen-bond donors (Lipinski definition) is 1. The Morgan fingerprint density at radius 1 is 1.14 bits per heavy atom. The van der Waals surface area contributed by atoms with Crippen molar-refractivity contribution < 1.29 is 14.0 Å². The van der Waals surface area contributed by atoms with Gasteiger partial charge in [0.2, 0.25) is 11.8 Å². The summed E-state index contributed by atoms with van der Waals surface area (Å²) in [6.45, 7) is 2.06. The number of likely N-dealkylation sites (N-methyl/N-ethyl adjacent to an activating group) is 1. The molecule has 0 heterocycles. The highest BCUT2D eigenvalue weighted by atomic mass is 35.5. The van der Waals surface area contributed by atoms with Crippen LogP contribution < -0.4 is 5.32 Å². The zero-order chi connectivity index (χ0) is 21.4. The smallest absolute Gasteiger partial charge is 0.242 e. The van der Waals surface area contributed by atoms with E-state index in [1.807, 2.05) is 25.1 Å². The zero-order valence-electron chi connectivity index (χ0n) is 16.3. The molecule has 0 unspecified atom stereocenters. The molecule has 2 aromatic rings. The fourth-order valence-electron chi connectivity index (χ4n) is 2.89. The van der Waals surface area contributed by atoms with Crippen LogP contribution in [0.25, 0.3) is 0 Å². The lowest BCUT2D eigenvalue weighted by Crippen LogP contribution is -2.48. The van der Waals surface area contributed by atoms with Crippen molar-refractivity contribution in [2.24, 2.45) is 0 Å². The summed E-state index contributed by atoms with van der Waals surface area (Å²) in [5.41, 5.74) is 1.12. The van der Waals surface area contributed by atoms with E-state index < -0.39 is 11.9 Å². The molecule has 0 aliphatic rings. The maximum absolute atomic E-state index is 13.9. The first-order valence-electron chi connectivity index (χ1n) is 9.14. The summed E-state index contributed by atoms with van der Waals surface area (Å²) >= 11 is 13.6. The molecule has 0 aromatic heterocycles. The molecule has 0 aliphatic carbocycles. The highest BCUT2D eigenvalue weighted by molar-refractivity contribution is 7.99. The summed E-state index contributed by atoms with van der Waals surface area (Å²) in [6.07, 6.45) is 0.458. The van der Waals surface area contributed by atoms with E-state index in [2.05, 4.69) is 5.32 Å². The minimum absolute atomic E-state index is 0.0859. The topological polar surface area (TPSA) is 49.4 Å². The van der Waals surface area contributed by atoms with Crippen LogP contribution in [0, 0.1) is 5.82 Å². The van der Waals surface area contributed by atoms with Gasteiger partial charge in [-0.1, -0.05) is 54.4 Å². The molecule has 0 saturated heterocycles. The number of benzene rings is 2. The lowest BCUT2D eigenvalue weighted by atomic mass is 10.1. The van der Waals surface area contributed by atoms with Gasteiger partial charge in [0.1, 0.15) is 11.9 Å². The Hall–Kier alpha value is -1.76. The third-order valence-electron chi connectivity index (χ3n) is 4.46. The molecule has 0 spiro atoms. The number of nitrogens with one attached hydrogen (secondary N) is 1. The molecule has 1 N–H and O–H groups in total. The number of rotatable bonds is 9. The van der Waals surface area contributed by atoms with Crippen molar-refractivity contribution in [2.75, 3.05) is 12.8 Å². The van der Waals surface area contributed by atoms with Crippen LogP contribution >= 0.6 is 35.0 Å². The molecule has 0 fully saturated rings. The minimum atomic E-state index is -0.624. The van der Waals surface area contributed by atoms with E-state index in [1.54, 1.807) is 12.1 Å². The predicted octanol–water partition coefficient (Wildman–Crippen LogP) is 4.92. The van der Waals surface area contributed by atoms with Crippen molar-refractivity contribution in [1.82, 2.24) is 10.2 Å². The van der Waals surface area contributed by atoms with E-state index in [-0.39, 0.29) is 29.9 Å². The van der Waals surface area contributed by atoms with Gasteiger partial charge < -0.3 is 10.2 Å². The maximum Gasteiger partial charge on any atom is 0.242 e. The highest BCUT2D eigenvalue weighted by Crippen LogP contribution is 2.25. The minimum Gasteiger partial charge on any atom is -0.357 e. The van der Waals surface area contributed by atoms with E-state index in [0.29, 0.717) is 22.0 Å². The van der Waals surface area contributed by atoms with Gasteiger partial charge in [-0.15, -0.1) is 11.8 Å². The molecule has 0 radical (unpaired) electrons. The quantitative estimate of drug-likeness (QED) is 0.582. The fourth-order valence-corrected chi connectivity index (χ4v) is 4.33. The van der Waals surface area contributed by atoms with Crippen LogP contribution in [0.15, 0.2) is 42.5 Å². The summed E-state index contributed by atoms with van der Waals surface area (Å²) in [6, 6.07) is 11.1. The Bertz CT molecular complexity index is 846. The number of hydrogen-bond acceptors (Lipinski definition) is 3. The van der Waals surface area contributed by atoms with Gasteiger partial charge in [-0.05, 0) is 30.2 Å². The number of halogens is 3. The van der Waals surface area contributed by atoms with Gasteiger partial charge in [0, 0.05) is 35.0 Å². The maximum atomic E-state index is 13.9. The van der Waals surface area contributed by atoms with E-state index in [9.17, 15) is 14.0 Å². The SMILES string of the molecule is CC[C@@H](C(=O)NC)N(Cc1ccccc1Cl)C(=O)CSCc1c(F)cccc1Cl. The number of carbonyl (C=O) groups excluding carboxylic acids is 2. The van der Waals surface area contributed by atoms with Crippen molar-refractivity contribution >= 4 is 46.8 Å².